The average Bonchev–Trinajstić information content (AvgIpc) is 3.12. The highest BCUT2D eigenvalue weighted by atomic mass is 32.2. The molecule has 2 aromatic heterocycles. The van der Waals surface area contributed by atoms with Gasteiger partial charge < -0.3 is 9.73 Å². The predicted octanol–water partition coefficient (Wildman–Crippen LogP) is 0.725. The maximum Gasteiger partial charge on any atom is 0.419 e. The summed E-state index contributed by atoms with van der Waals surface area (Å²) in [7, 11) is 1.76. The van der Waals surface area contributed by atoms with Crippen molar-refractivity contribution >= 4 is 28.8 Å². The second kappa shape index (κ2) is 7.51. The summed E-state index contributed by atoms with van der Waals surface area (Å²) >= 11 is 1.46. The molecule has 0 saturated heterocycles. The molecule has 1 N–H and O–H groups in total. The van der Waals surface area contributed by atoms with E-state index in [0.29, 0.717) is 28.6 Å². The van der Waals surface area contributed by atoms with Crippen LogP contribution in [0.25, 0.3) is 11.1 Å². The van der Waals surface area contributed by atoms with Gasteiger partial charge >= 0.3 is 5.76 Å². The monoisotopic (exact) mass is 362 g/mol. The smallest absolute Gasteiger partial charge is 0.408 e. The number of carbonyl (C=O) groups excluding carboxylic acids is 1. The number of benzene rings is 1. The fourth-order valence-corrected chi connectivity index (χ4v) is 3.07. The normalized spacial score (nSPS) is 11.1. The van der Waals surface area contributed by atoms with Crippen molar-refractivity contribution in [3.8, 4) is 0 Å². The Morgan fingerprint density at radius 2 is 2.24 bits per heavy atom. The molecule has 9 nitrogen and oxygen atoms in total. The van der Waals surface area contributed by atoms with Gasteiger partial charge in [-0.15, -0.1) is 5.10 Å². The Morgan fingerprint density at radius 1 is 1.40 bits per heavy atom. The first-order valence-corrected chi connectivity index (χ1v) is 8.75. The van der Waals surface area contributed by atoms with Crippen LogP contribution in [0.15, 0.2) is 32.6 Å². The van der Waals surface area contributed by atoms with Gasteiger partial charge in [-0.05, 0) is 35.0 Å². The first-order valence-electron chi connectivity index (χ1n) is 7.76. The van der Waals surface area contributed by atoms with Crippen molar-refractivity contribution in [1.29, 1.82) is 0 Å². The fourth-order valence-electron chi connectivity index (χ4n) is 2.36. The van der Waals surface area contributed by atoms with E-state index in [4.69, 9.17) is 4.42 Å². The van der Waals surface area contributed by atoms with Gasteiger partial charge in [0.15, 0.2) is 5.58 Å². The number of fused-ring (bicyclic) bond motifs is 1. The minimum absolute atomic E-state index is 0.120. The van der Waals surface area contributed by atoms with Crippen LogP contribution in [0.3, 0.4) is 0 Å². The van der Waals surface area contributed by atoms with Crippen molar-refractivity contribution in [3.05, 3.63) is 34.3 Å². The van der Waals surface area contributed by atoms with Crippen molar-refractivity contribution in [2.45, 2.75) is 25.0 Å². The molecule has 0 saturated carbocycles. The first kappa shape index (κ1) is 17.2. The lowest BCUT2D eigenvalue weighted by molar-refractivity contribution is -0.121. The minimum atomic E-state index is -0.446. The Labute approximate surface area is 147 Å². The number of amides is 1. The number of nitrogens with zero attached hydrogens (tertiary/aromatic N) is 5. The van der Waals surface area contributed by atoms with Crippen molar-refractivity contribution < 1.29 is 9.21 Å². The third kappa shape index (κ3) is 4.08. The molecule has 0 atom stereocenters. The molecule has 2 heterocycles. The highest BCUT2D eigenvalue weighted by Gasteiger charge is 2.11. The maximum atomic E-state index is 12.0. The average molecular weight is 362 g/mol. The van der Waals surface area contributed by atoms with E-state index in [1.165, 1.54) is 16.3 Å². The number of carbonyl (C=O) groups is 1. The van der Waals surface area contributed by atoms with E-state index >= 15 is 0 Å². The lowest BCUT2D eigenvalue weighted by atomic mass is 10.2. The van der Waals surface area contributed by atoms with Crippen LogP contribution in [0.4, 0.5) is 0 Å². The molecular formula is C15H18N6O3S. The number of nitrogens with one attached hydrogen (secondary N) is 1. The van der Waals surface area contributed by atoms with Crippen LogP contribution in [0, 0.1) is 6.92 Å². The molecular weight excluding hydrogens is 344 g/mol. The molecule has 0 aliphatic rings. The third-order valence-corrected chi connectivity index (χ3v) is 4.63. The Balaban J connectivity index is 1.49. The third-order valence-electron chi connectivity index (χ3n) is 3.62. The van der Waals surface area contributed by atoms with Crippen LogP contribution in [0.2, 0.25) is 0 Å². The second-order valence-corrected chi connectivity index (χ2v) is 6.59. The van der Waals surface area contributed by atoms with Crippen LogP contribution >= 0.6 is 11.8 Å². The zero-order valence-corrected chi connectivity index (χ0v) is 14.7. The number of rotatable bonds is 7. The largest absolute Gasteiger partial charge is 0.419 e. The van der Waals surface area contributed by atoms with Gasteiger partial charge in [0.05, 0.1) is 5.52 Å². The van der Waals surface area contributed by atoms with Gasteiger partial charge in [0.1, 0.15) is 0 Å². The van der Waals surface area contributed by atoms with Crippen molar-refractivity contribution in [1.82, 2.24) is 30.1 Å². The summed E-state index contributed by atoms with van der Waals surface area (Å²) in [5.74, 6) is 0.0950. The molecule has 25 heavy (non-hydrogen) atoms. The highest BCUT2D eigenvalue weighted by Crippen LogP contribution is 2.15. The van der Waals surface area contributed by atoms with Crippen molar-refractivity contribution in [2.75, 3.05) is 12.3 Å². The topological polar surface area (TPSA) is 108 Å². The number of oxazole rings is 1. The van der Waals surface area contributed by atoms with Gasteiger partial charge in [-0.2, -0.15) is 0 Å². The van der Waals surface area contributed by atoms with Crippen LogP contribution in [-0.4, -0.2) is 43.0 Å². The Morgan fingerprint density at radius 3 is 3.00 bits per heavy atom. The molecule has 132 valence electrons. The molecule has 1 aromatic carbocycles. The number of hydrogen-bond donors (Lipinski definition) is 1. The van der Waals surface area contributed by atoms with Crippen LogP contribution in [-0.2, 0) is 18.4 Å². The summed E-state index contributed by atoms with van der Waals surface area (Å²) < 4.78 is 8.25. The number of thioether (sulfide) groups is 1. The van der Waals surface area contributed by atoms with E-state index in [1.807, 2.05) is 19.1 Å². The second-order valence-electron chi connectivity index (χ2n) is 5.52. The standard InChI is InChI=1S/C15H18N6O3S/c1-10-3-4-12-11(9-10)21(15(23)24-12)7-5-13(22)16-6-8-25-14-17-18-19-20(14)2/h3-4,9H,5-8H2,1-2H3,(H,16,22). The summed E-state index contributed by atoms with van der Waals surface area (Å²) in [6, 6.07) is 5.53. The number of hydrogen-bond acceptors (Lipinski definition) is 7. The van der Waals surface area contributed by atoms with Crippen molar-refractivity contribution in [3.63, 3.8) is 0 Å². The van der Waals surface area contributed by atoms with Crippen molar-refractivity contribution in [2.24, 2.45) is 7.05 Å². The Kier molecular flexibility index (Phi) is 5.17. The molecule has 3 rings (SSSR count). The zero-order chi connectivity index (χ0) is 17.8. The molecule has 0 radical (unpaired) electrons. The molecule has 10 heteroatoms. The predicted molar refractivity (Wildman–Crippen MR) is 92.4 cm³/mol. The molecule has 3 aromatic rings. The van der Waals surface area contributed by atoms with E-state index in [9.17, 15) is 9.59 Å². The van der Waals surface area contributed by atoms with Crippen LogP contribution in [0.5, 0.6) is 0 Å². The highest BCUT2D eigenvalue weighted by molar-refractivity contribution is 7.99. The van der Waals surface area contributed by atoms with E-state index in [0.717, 1.165) is 5.56 Å². The first-order chi connectivity index (χ1) is 12.0. The number of aromatic nitrogens is 5. The Bertz CT molecular complexity index is 944. The van der Waals surface area contributed by atoms with E-state index in [2.05, 4.69) is 20.8 Å². The SMILES string of the molecule is Cc1ccc2oc(=O)n(CCC(=O)NCCSc3nnnn3C)c2c1. The summed E-state index contributed by atoms with van der Waals surface area (Å²) in [5.41, 5.74) is 2.27. The molecule has 0 unspecified atom stereocenters. The lowest BCUT2D eigenvalue weighted by Crippen LogP contribution is -2.28. The summed E-state index contributed by atoms with van der Waals surface area (Å²) in [4.78, 5) is 23.9. The number of aryl methyl sites for hydroxylation is 3. The Hall–Kier alpha value is -2.62. The minimum Gasteiger partial charge on any atom is -0.408 e. The molecule has 0 aliphatic heterocycles. The van der Waals surface area contributed by atoms with E-state index < -0.39 is 5.76 Å². The van der Waals surface area contributed by atoms with Gasteiger partial charge in [-0.1, -0.05) is 17.8 Å². The quantitative estimate of drug-likeness (QED) is 0.487. The van der Waals surface area contributed by atoms with Gasteiger partial charge in [0.25, 0.3) is 0 Å². The molecule has 0 aliphatic carbocycles. The van der Waals surface area contributed by atoms with Crippen LogP contribution < -0.4 is 11.1 Å². The fraction of sp³-hybridized carbons (Fsp3) is 0.400. The molecule has 1 amide bonds. The molecule has 0 fully saturated rings. The van der Waals surface area contributed by atoms with Gasteiger partial charge in [-0.3, -0.25) is 9.36 Å². The maximum absolute atomic E-state index is 12.0. The van der Waals surface area contributed by atoms with E-state index in [1.54, 1.807) is 17.8 Å². The summed E-state index contributed by atoms with van der Waals surface area (Å²) in [6.45, 7) is 2.72. The molecule has 0 bridgehead atoms. The summed E-state index contributed by atoms with van der Waals surface area (Å²) in [6.07, 6.45) is 0.207. The van der Waals surface area contributed by atoms with Gasteiger partial charge in [-0.25, -0.2) is 9.48 Å². The van der Waals surface area contributed by atoms with Crippen LogP contribution in [0.1, 0.15) is 12.0 Å². The number of tetrazole rings is 1. The summed E-state index contributed by atoms with van der Waals surface area (Å²) in [5, 5.41) is 14.6. The van der Waals surface area contributed by atoms with Gasteiger partial charge in [0, 0.05) is 32.3 Å². The zero-order valence-electron chi connectivity index (χ0n) is 13.9. The van der Waals surface area contributed by atoms with Gasteiger partial charge in [0.2, 0.25) is 11.1 Å². The lowest BCUT2D eigenvalue weighted by Gasteiger charge is -2.05. The molecule has 0 spiro atoms. The van der Waals surface area contributed by atoms with E-state index in [-0.39, 0.29) is 18.9 Å².